The molecule has 2 fully saturated rings. The first-order valence-corrected chi connectivity index (χ1v) is 14.0. The van der Waals surface area contributed by atoms with Crippen molar-refractivity contribution in [3.8, 4) is 0 Å². The van der Waals surface area contributed by atoms with Crippen LogP contribution in [0.25, 0.3) is 0 Å². The Hall–Kier alpha value is -2.98. The standard InChI is InChI=1S/C24H30Cl3N5O10/c1-22(2,3)42-21(39)28-9-13-40-20(38)23(8-6-18(36)41-14-24(25,26)27)19(37)32(29-23)12-11-31(32)17(35)7-10-30-15(33)4-5-16(30)34/h4-5,29H,6-14H2,1-3H3/p+1. The Kier molecular flexibility index (Phi) is 10.1. The molecule has 42 heavy (non-hydrogen) atoms. The number of amides is 5. The van der Waals surface area contributed by atoms with Crippen molar-refractivity contribution in [3.05, 3.63) is 12.2 Å². The molecule has 3 aliphatic rings. The highest BCUT2D eigenvalue weighted by molar-refractivity contribution is 6.67. The Morgan fingerprint density at radius 1 is 1.05 bits per heavy atom. The van der Waals surface area contributed by atoms with Crippen molar-refractivity contribution < 1.29 is 52.5 Å². The minimum Gasteiger partial charge on any atom is -0.462 e. The summed E-state index contributed by atoms with van der Waals surface area (Å²) in [5, 5.41) is 3.56. The minimum atomic E-state index is -2.03. The van der Waals surface area contributed by atoms with Crippen LogP contribution in [0, 0.1) is 0 Å². The van der Waals surface area contributed by atoms with Crippen molar-refractivity contribution in [2.45, 2.75) is 55.0 Å². The Labute approximate surface area is 255 Å². The van der Waals surface area contributed by atoms with Crippen LogP contribution in [0.1, 0.15) is 40.0 Å². The summed E-state index contributed by atoms with van der Waals surface area (Å²) >= 11 is 16.8. The van der Waals surface area contributed by atoms with Crippen molar-refractivity contribution >= 4 is 76.5 Å². The number of carbonyl (C=O) groups is 7. The number of halogens is 3. The molecule has 2 saturated heterocycles. The number of hydrogen-bond donors (Lipinski definition) is 2. The first kappa shape index (κ1) is 33.5. The van der Waals surface area contributed by atoms with Gasteiger partial charge in [-0.25, -0.2) is 14.4 Å². The van der Waals surface area contributed by atoms with E-state index in [0.29, 0.717) is 0 Å². The van der Waals surface area contributed by atoms with Gasteiger partial charge in [-0.1, -0.05) is 39.5 Å². The van der Waals surface area contributed by atoms with Crippen molar-refractivity contribution in [2.75, 3.05) is 39.4 Å². The largest absolute Gasteiger partial charge is 0.462 e. The molecule has 2 N–H and O–H groups in total. The third-order valence-corrected chi connectivity index (χ3v) is 6.64. The number of carbonyl (C=O) groups excluding carboxylic acids is 7. The predicted molar refractivity (Wildman–Crippen MR) is 144 cm³/mol. The number of alkyl halides is 3. The van der Waals surface area contributed by atoms with Gasteiger partial charge in [-0.05, 0) is 20.8 Å². The zero-order valence-electron chi connectivity index (χ0n) is 23.1. The molecular weight excluding hydrogens is 625 g/mol. The van der Waals surface area contributed by atoms with Gasteiger partial charge in [-0.15, -0.1) is 5.43 Å². The minimum absolute atomic E-state index is 0.112. The summed E-state index contributed by atoms with van der Waals surface area (Å²) in [5.41, 5.74) is 0.0248. The van der Waals surface area contributed by atoms with Gasteiger partial charge in [0.2, 0.25) is 3.79 Å². The van der Waals surface area contributed by atoms with Crippen LogP contribution in [0.2, 0.25) is 0 Å². The van der Waals surface area contributed by atoms with Crippen LogP contribution >= 0.6 is 34.8 Å². The Balaban J connectivity index is 1.64. The number of hydrogen-bond acceptors (Lipinski definition) is 11. The molecular formula is C24H31Cl3N5O10+. The zero-order chi connectivity index (χ0) is 31.5. The van der Waals surface area contributed by atoms with Gasteiger partial charge >= 0.3 is 23.9 Å². The van der Waals surface area contributed by atoms with Crippen LogP contribution in [-0.2, 0) is 43.0 Å². The van der Waals surface area contributed by atoms with E-state index >= 15 is 0 Å². The Morgan fingerprint density at radius 3 is 2.21 bits per heavy atom. The Morgan fingerprint density at radius 2 is 1.69 bits per heavy atom. The van der Waals surface area contributed by atoms with E-state index in [-0.39, 0.29) is 39.2 Å². The molecule has 232 valence electrons. The van der Waals surface area contributed by atoms with E-state index < -0.39 is 80.7 Å². The fourth-order valence-electron chi connectivity index (χ4n) is 4.36. The number of nitrogens with zero attached hydrogens (tertiary/aromatic N) is 3. The van der Waals surface area contributed by atoms with Crippen LogP contribution < -0.4 is 10.7 Å². The number of ether oxygens (including phenoxy) is 3. The molecule has 5 amide bonds. The van der Waals surface area contributed by atoms with Crippen molar-refractivity contribution in [1.82, 2.24) is 20.7 Å². The average molecular weight is 656 g/mol. The second-order valence-electron chi connectivity index (χ2n) is 10.6. The molecule has 2 atom stereocenters. The molecule has 0 aliphatic carbocycles. The van der Waals surface area contributed by atoms with E-state index in [1.165, 1.54) is 0 Å². The number of rotatable bonds is 11. The number of nitrogens with one attached hydrogen (secondary N) is 2. The first-order valence-electron chi connectivity index (χ1n) is 12.8. The van der Waals surface area contributed by atoms with Gasteiger partial charge in [-0.2, -0.15) is 5.01 Å². The maximum Gasteiger partial charge on any atom is 0.407 e. The normalized spacial score (nSPS) is 23.4. The number of alkyl carbamates (subject to hydrolysis) is 1. The maximum absolute atomic E-state index is 13.6. The second-order valence-corrected chi connectivity index (χ2v) is 13.1. The molecule has 0 radical (unpaired) electrons. The number of esters is 2. The highest BCUT2D eigenvalue weighted by Gasteiger charge is 2.78. The molecule has 0 aromatic rings. The number of quaternary nitrogens is 1. The van der Waals surface area contributed by atoms with Crippen LogP contribution in [0.15, 0.2) is 12.2 Å². The van der Waals surface area contributed by atoms with Crippen molar-refractivity contribution in [2.24, 2.45) is 0 Å². The van der Waals surface area contributed by atoms with Gasteiger partial charge in [0.1, 0.15) is 25.4 Å². The second kappa shape index (κ2) is 12.7. The quantitative estimate of drug-likeness (QED) is 0.0600. The summed E-state index contributed by atoms with van der Waals surface area (Å²) in [6.45, 7) is 4.06. The van der Waals surface area contributed by atoms with E-state index in [9.17, 15) is 33.6 Å². The van der Waals surface area contributed by atoms with Gasteiger partial charge in [0.25, 0.3) is 23.3 Å². The monoisotopic (exact) mass is 654 g/mol. The number of imide groups is 1. The van der Waals surface area contributed by atoms with Gasteiger partial charge < -0.3 is 19.5 Å². The predicted octanol–water partition coefficient (Wildman–Crippen LogP) is 0.421. The SMILES string of the molecule is CC(C)(C)OC(=O)NCCOC(=O)C1(CCC(=O)OCC(Cl)(Cl)Cl)N[N+]2(CCN2C(=O)CCN2C(=O)C=CC2=O)C1=O. The van der Waals surface area contributed by atoms with Crippen molar-refractivity contribution in [1.29, 1.82) is 0 Å². The summed E-state index contributed by atoms with van der Waals surface area (Å²) in [7, 11) is 0. The lowest BCUT2D eigenvalue weighted by molar-refractivity contribution is -1.06. The lowest BCUT2D eigenvalue weighted by atomic mass is 9.87. The van der Waals surface area contributed by atoms with Crippen LogP contribution in [0.3, 0.4) is 0 Å². The summed E-state index contributed by atoms with van der Waals surface area (Å²) < 4.78 is 12.6. The zero-order valence-corrected chi connectivity index (χ0v) is 25.3. The van der Waals surface area contributed by atoms with Gasteiger partial charge in [-0.3, -0.25) is 24.1 Å². The topological polar surface area (TPSA) is 178 Å². The van der Waals surface area contributed by atoms with Crippen LogP contribution in [0.5, 0.6) is 0 Å². The third-order valence-electron chi connectivity index (χ3n) is 6.31. The van der Waals surface area contributed by atoms with Crippen LogP contribution in [-0.4, -0.2) is 111 Å². The molecule has 18 heteroatoms. The molecule has 3 heterocycles. The van der Waals surface area contributed by atoms with E-state index in [2.05, 4.69) is 10.7 Å². The molecule has 0 saturated carbocycles. The fourth-order valence-corrected chi connectivity index (χ4v) is 4.53. The highest BCUT2D eigenvalue weighted by atomic mass is 35.6. The smallest absolute Gasteiger partial charge is 0.407 e. The van der Waals surface area contributed by atoms with E-state index in [1.807, 2.05) is 0 Å². The molecule has 0 aromatic carbocycles. The highest BCUT2D eigenvalue weighted by Crippen LogP contribution is 2.39. The first-order chi connectivity index (χ1) is 19.4. The van der Waals surface area contributed by atoms with Crippen molar-refractivity contribution in [3.63, 3.8) is 0 Å². The Bertz CT molecular complexity index is 1180. The molecule has 3 aliphatic heterocycles. The maximum atomic E-state index is 13.6. The molecule has 1 spiro atoms. The molecule has 0 aromatic heterocycles. The lowest BCUT2D eigenvalue weighted by Crippen LogP contribution is -2.97. The van der Waals surface area contributed by atoms with E-state index in [1.54, 1.807) is 20.8 Å². The average Bonchev–Trinajstić information content (AvgIpc) is 3.17. The van der Waals surface area contributed by atoms with Gasteiger partial charge in [0, 0.05) is 38.0 Å². The van der Waals surface area contributed by atoms with E-state index in [4.69, 9.17) is 49.0 Å². The molecule has 2 unspecified atom stereocenters. The molecule has 3 rings (SSSR count). The van der Waals surface area contributed by atoms with Crippen LogP contribution in [0.4, 0.5) is 4.79 Å². The summed E-state index contributed by atoms with van der Waals surface area (Å²) in [5.74, 6) is -4.34. The molecule has 15 nitrogen and oxygen atoms in total. The third kappa shape index (κ3) is 7.69. The van der Waals surface area contributed by atoms with Gasteiger partial charge in [0.15, 0.2) is 6.54 Å². The molecule has 0 bridgehead atoms. The summed E-state index contributed by atoms with van der Waals surface area (Å²) in [4.78, 5) is 88.2. The lowest BCUT2D eigenvalue weighted by Gasteiger charge is -2.60. The van der Waals surface area contributed by atoms with E-state index in [0.717, 1.165) is 22.1 Å². The fraction of sp³-hybridized carbons (Fsp3) is 0.625. The summed E-state index contributed by atoms with van der Waals surface area (Å²) in [6.07, 6.45) is 0.317. The van der Waals surface area contributed by atoms with Gasteiger partial charge in [0.05, 0.1) is 6.54 Å². The summed E-state index contributed by atoms with van der Waals surface area (Å²) in [6, 6.07) is 0.